The number of hydrogen-bond donors (Lipinski definition) is 3. The molecule has 8 heteroatoms. The number of aliphatic hydroxyl groups is 2. The van der Waals surface area contributed by atoms with Gasteiger partial charge in [0.25, 0.3) is 0 Å². The molecule has 0 radical (unpaired) electrons. The van der Waals surface area contributed by atoms with Crippen molar-refractivity contribution >= 4 is 17.4 Å². The Bertz CT molecular complexity index is 556. The van der Waals surface area contributed by atoms with Gasteiger partial charge in [0.05, 0.1) is 6.20 Å². The summed E-state index contributed by atoms with van der Waals surface area (Å²) in [6, 6.07) is 1.61. The smallest absolute Gasteiger partial charge is 0.154 e. The van der Waals surface area contributed by atoms with Crippen LogP contribution in [-0.2, 0) is 6.54 Å². The minimum Gasteiger partial charge on any atom is -0.396 e. The molecule has 0 unspecified atom stereocenters. The van der Waals surface area contributed by atoms with Crippen LogP contribution in [0.15, 0.2) is 18.5 Å². The summed E-state index contributed by atoms with van der Waals surface area (Å²) in [6.45, 7) is 0.214. The highest BCUT2D eigenvalue weighted by atomic mass is 35.5. The number of aliphatic hydroxyl groups excluding tert-OH is 2. The van der Waals surface area contributed by atoms with Crippen LogP contribution in [0.3, 0.4) is 0 Å². The van der Waals surface area contributed by atoms with Gasteiger partial charge in [-0.25, -0.2) is 0 Å². The standard InChI is InChI=1S/C11H14ClN5O2/c12-10-1-9(11(13)16-15-10)8-2-14-17(4-8)3-7(5-18)6-19/h1-2,4,7,18-19H,3,5-6H2,(H2,13,16). The molecule has 2 aromatic heterocycles. The van der Waals surface area contributed by atoms with E-state index in [-0.39, 0.29) is 30.1 Å². The molecule has 0 fully saturated rings. The molecular formula is C11H14ClN5O2. The molecule has 0 atom stereocenters. The minimum atomic E-state index is -0.246. The first-order valence-electron chi connectivity index (χ1n) is 5.67. The summed E-state index contributed by atoms with van der Waals surface area (Å²) in [5, 5.41) is 29.8. The van der Waals surface area contributed by atoms with E-state index in [4.69, 9.17) is 27.5 Å². The van der Waals surface area contributed by atoms with Crippen LogP contribution in [0.1, 0.15) is 0 Å². The zero-order valence-electron chi connectivity index (χ0n) is 10.1. The molecule has 0 aliphatic carbocycles. The molecule has 0 saturated carbocycles. The number of anilines is 1. The molecule has 0 aliphatic heterocycles. The third-order valence-electron chi connectivity index (χ3n) is 2.70. The maximum atomic E-state index is 9.03. The van der Waals surface area contributed by atoms with Crippen molar-refractivity contribution in [1.29, 1.82) is 0 Å². The Morgan fingerprint density at radius 1 is 1.32 bits per heavy atom. The number of nitrogens with zero attached hydrogens (tertiary/aromatic N) is 4. The molecule has 0 aliphatic rings. The van der Waals surface area contributed by atoms with Crippen LogP contribution in [0.2, 0.25) is 5.15 Å². The van der Waals surface area contributed by atoms with Crippen molar-refractivity contribution in [3.63, 3.8) is 0 Å². The van der Waals surface area contributed by atoms with Gasteiger partial charge in [-0.05, 0) is 6.07 Å². The summed E-state index contributed by atoms with van der Waals surface area (Å²) >= 11 is 5.78. The van der Waals surface area contributed by atoms with Crippen molar-refractivity contribution < 1.29 is 10.2 Å². The second-order valence-corrected chi connectivity index (χ2v) is 4.54. The third kappa shape index (κ3) is 3.19. The Hall–Kier alpha value is -1.70. The number of aromatic nitrogens is 4. The highest BCUT2D eigenvalue weighted by Gasteiger charge is 2.11. The fourth-order valence-electron chi connectivity index (χ4n) is 1.65. The van der Waals surface area contributed by atoms with Gasteiger partial charge in [0.2, 0.25) is 0 Å². The van der Waals surface area contributed by atoms with E-state index in [9.17, 15) is 0 Å². The van der Waals surface area contributed by atoms with Crippen LogP contribution in [0.4, 0.5) is 5.82 Å². The summed E-state index contributed by atoms with van der Waals surface area (Å²) in [6.07, 6.45) is 3.37. The lowest BCUT2D eigenvalue weighted by Gasteiger charge is -2.10. The first-order valence-corrected chi connectivity index (χ1v) is 6.05. The predicted molar refractivity (Wildman–Crippen MR) is 70.3 cm³/mol. The zero-order chi connectivity index (χ0) is 13.8. The van der Waals surface area contributed by atoms with Gasteiger partial charge >= 0.3 is 0 Å². The Morgan fingerprint density at radius 2 is 2.05 bits per heavy atom. The van der Waals surface area contributed by atoms with Crippen molar-refractivity contribution in [3.8, 4) is 11.1 Å². The van der Waals surface area contributed by atoms with Gasteiger partial charge in [-0.2, -0.15) is 5.10 Å². The van der Waals surface area contributed by atoms with E-state index in [1.54, 1.807) is 23.1 Å². The molecule has 102 valence electrons. The van der Waals surface area contributed by atoms with Crippen molar-refractivity contribution in [2.75, 3.05) is 18.9 Å². The SMILES string of the molecule is Nc1nnc(Cl)cc1-c1cnn(CC(CO)CO)c1. The second kappa shape index (κ2) is 5.96. The van der Waals surface area contributed by atoms with Gasteiger partial charge < -0.3 is 15.9 Å². The maximum absolute atomic E-state index is 9.03. The minimum absolute atomic E-state index is 0.101. The Kier molecular flexibility index (Phi) is 4.31. The second-order valence-electron chi connectivity index (χ2n) is 4.15. The van der Waals surface area contributed by atoms with Gasteiger partial charge in [-0.15, -0.1) is 10.2 Å². The van der Waals surface area contributed by atoms with E-state index in [2.05, 4.69) is 15.3 Å². The number of rotatable bonds is 5. The van der Waals surface area contributed by atoms with Crippen molar-refractivity contribution in [1.82, 2.24) is 20.0 Å². The Balaban J connectivity index is 2.23. The molecule has 0 bridgehead atoms. The molecule has 0 amide bonds. The van der Waals surface area contributed by atoms with Crippen LogP contribution in [0, 0.1) is 5.92 Å². The largest absolute Gasteiger partial charge is 0.396 e. The highest BCUT2D eigenvalue weighted by Crippen LogP contribution is 2.25. The summed E-state index contributed by atoms with van der Waals surface area (Å²) in [5.74, 6) is 0.0223. The van der Waals surface area contributed by atoms with Crippen molar-refractivity contribution in [2.24, 2.45) is 5.92 Å². The van der Waals surface area contributed by atoms with Crippen molar-refractivity contribution in [2.45, 2.75) is 6.54 Å². The summed E-state index contributed by atoms with van der Waals surface area (Å²) in [7, 11) is 0. The molecule has 0 aromatic carbocycles. The first-order chi connectivity index (χ1) is 9.13. The summed E-state index contributed by atoms with van der Waals surface area (Å²) in [5.41, 5.74) is 7.14. The average molecular weight is 284 g/mol. The Labute approximate surface area is 114 Å². The quantitative estimate of drug-likeness (QED) is 0.722. The number of nitrogen functional groups attached to an aromatic ring is 1. The molecular weight excluding hydrogens is 270 g/mol. The zero-order valence-corrected chi connectivity index (χ0v) is 10.8. The highest BCUT2D eigenvalue weighted by molar-refractivity contribution is 6.29. The van der Waals surface area contributed by atoms with Crippen LogP contribution in [0.25, 0.3) is 11.1 Å². The van der Waals surface area contributed by atoms with Crippen LogP contribution >= 0.6 is 11.6 Å². The van der Waals surface area contributed by atoms with E-state index in [0.29, 0.717) is 12.1 Å². The van der Waals surface area contributed by atoms with E-state index in [0.717, 1.165) is 5.56 Å². The lowest BCUT2D eigenvalue weighted by atomic mass is 10.1. The average Bonchev–Trinajstić information content (AvgIpc) is 2.87. The lowest BCUT2D eigenvalue weighted by molar-refractivity contribution is 0.134. The van der Waals surface area contributed by atoms with Gasteiger partial charge in [-0.3, -0.25) is 4.68 Å². The molecule has 19 heavy (non-hydrogen) atoms. The maximum Gasteiger partial charge on any atom is 0.154 e. The third-order valence-corrected chi connectivity index (χ3v) is 2.88. The molecule has 4 N–H and O–H groups in total. The molecule has 0 saturated heterocycles. The normalized spacial score (nSPS) is 11.2. The van der Waals surface area contributed by atoms with E-state index in [1.165, 1.54) is 0 Å². The summed E-state index contributed by atoms with van der Waals surface area (Å²) < 4.78 is 1.63. The number of hydrogen-bond acceptors (Lipinski definition) is 6. The lowest BCUT2D eigenvalue weighted by Crippen LogP contribution is -2.18. The topological polar surface area (TPSA) is 110 Å². The van der Waals surface area contributed by atoms with Crippen LogP contribution in [-0.4, -0.2) is 43.4 Å². The molecule has 2 aromatic rings. The molecule has 2 heterocycles. The van der Waals surface area contributed by atoms with Crippen LogP contribution in [0.5, 0.6) is 0 Å². The number of nitrogens with two attached hydrogens (primary N) is 1. The van der Waals surface area contributed by atoms with Crippen LogP contribution < -0.4 is 5.73 Å². The van der Waals surface area contributed by atoms with E-state index >= 15 is 0 Å². The fraction of sp³-hybridized carbons (Fsp3) is 0.364. The number of halogens is 1. The van der Waals surface area contributed by atoms with Gasteiger partial charge in [0, 0.05) is 43.0 Å². The molecule has 7 nitrogen and oxygen atoms in total. The van der Waals surface area contributed by atoms with Gasteiger partial charge in [0.1, 0.15) is 0 Å². The predicted octanol–water partition coefficient (Wildman–Crippen LogP) is 0.176. The monoisotopic (exact) mass is 283 g/mol. The van der Waals surface area contributed by atoms with Crippen molar-refractivity contribution in [3.05, 3.63) is 23.6 Å². The van der Waals surface area contributed by atoms with E-state index < -0.39 is 0 Å². The summed E-state index contributed by atoms with van der Waals surface area (Å²) in [4.78, 5) is 0. The van der Waals surface area contributed by atoms with Gasteiger partial charge in [0.15, 0.2) is 11.0 Å². The molecule has 0 spiro atoms. The Morgan fingerprint density at radius 3 is 2.74 bits per heavy atom. The fourth-order valence-corrected chi connectivity index (χ4v) is 1.80. The first kappa shape index (κ1) is 13.7. The van der Waals surface area contributed by atoms with E-state index in [1.807, 2.05) is 0 Å². The van der Waals surface area contributed by atoms with Gasteiger partial charge in [-0.1, -0.05) is 11.6 Å². The molecule has 2 rings (SSSR count).